The molecule has 0 atom stereocenters. The van der Waals surface area contributed by atoms with Crippen molar-refractivity contribution in [3.63, 3.8) is 0 Å². The number of hydrogen-bond donors (Lipinski definition) is 3. The Morgan fingerprint density at radius 2 is 1.24 bits per heavy atom. The van der Waals surface area contributed by atoms with Crippen LogP contribution in [0.3, 0.4) is 0 Å². The van der Waals surface area contributed by atoms with Crippen LogP contribution in [-0.2, 0) is 10.9 Å². The minimum absolute atomic E-state index is 0.142. The minimum Gasteiger partial charge on any atom is -0.382 e. The fourth-order valence-electron chi connectivity index (χ4n) is 6.03. The second kappa shape index (κ2) is 17.3. The van der Waals surface area contributed by atoms with Crippen molar-refractivity contribution in [2.24, 2.45) is 0 Å². The molecule has 59 heavy (non-hydrogen) atoms. The van der Waals surface area contributed by atoms with Crippen molar-refractivity contribution in [1.29, 1.82) is 0 Å². The van der Waals surface area contributed by atoms with Crippen LogP contribution in [0.2, 0.25) is 0 Å². The number of amides is 2. The van der Waals surface area contributed by atoms with Crippen LogP contribution in [0.15, 0.2) is 97.7 Å². The summed E-state index contributed by atoms with van der Waals surface area (Å²) in [6.45, 7) is 7.15. The fourth-order valence-corrected chi connectivity index (χ4v) is 6.03. The zero-order valence-electron chi connectivity index (χ0n) is 32.0. The highest BCUT2D eigenvalue weighted by Gasteiger charge is 2.32. The molecule has 0 bridgehead atoms. The number of carbonyl (C=O) groups is 2. The maximum atomic E-state index is 14.8. The van der Waals surface area contributed by atoms with Crippen LogP contribution in [0.1, 0.15) is 47.2 Å². The Kier molecular flexibility index (Phi) is 12.3. The molecule has 0 spiro atoms. The first-order valence-corrected chi connectivity index (χ1v) is 18.1. The molecule has 0 saturated carbocycles. The highest BCUT2D eigenvalue weighted by atomic mass is 19.4. The lowest BCUT2D eigenvalue weighted by molar-refractivity contribution is -0.137. The molecule has 3 aromatic carbocycles. The molecule has 17 heteroatoms. The van der Waals surface area contributed by atoms with Gasteiger partial charge in [0, 0.05) is 47.1 Å². The summed E-state index contributed by atoms with van der Waals surface area (Å²) >= 11 is 0. The van der Waals surface area contributed by atoms with Crippen molar-refractivity contribution in [3.05, 3.63) is 126 Å². The number of carbonyl (C=O) groups excluding carboxylic acids is 2. The van der Waals surface area contributed by atoms with Crippen LogP contribution < -0.4 is 16.8 Å². The Bertz CT molecular complexity index is 2470. The first-order chi connectivity index (χ1) is 28.0. The molecule has 1 saturated heterocycles. The third kappa shape index (κ3) is 10.2. The fraction of sp³-hybridized carbons (Fsp3) is 0.214. The van der Waals surface area contributed by atoms with Crippen molar-refractivity contribution < 1.29 is 36.3 Å². The zero-order valence-corrected chi connectivity index (χ0v) is 32.0. The second-order valence-electron chi connectivity index (χ2n) is 14.3. The van der Waals surface area contributed by atoms with E-state index in [2.05, 4.69) is 30.2 Å². The number of pyridine rings is 1. The quantitative estimate of drug-likeness (QED) is 0.143. The molecule has 1 aliphatic heterocycles. The number of nitrogens with two attached hydrogens (primary N) is 2. The number of hydrogen-bond acceptors (Lipinski definition) is 10. The van der Waals surface area contributed by atoms with E-state index in [0.717, 1.165) is 24.3 Å². The molecule has 3 aromatic heterocycles. The van der Waals surface area contributed by atoms with Gasteiger partial charge in [-0.05, 0) is 79.9 Å². The molecule has 0 aliphatic carbocycles. The number of benzene rings is 3. The number of aromatic nitrogens is 5. The maximum Gasteiger partial charge on any atom is 0.416 e. The van der Waals surface area contributed by atoms with Crippen molar-refractivity contribution in [3.8, 4) is 44.8 Å². The Morgan fingerprint density at radius 1 is 0.695 bits per heavy atom. The second-order valence-corrected chi connectivity index (χ2v) is 14.3. The number of nitrogens with one attached hydrogen (secondary N) is 1. The van der Waals surface area contributed by atoms with E-state index in [1.165, 1.54) is 43.0 Å². The van der Waals surface area contributed by atoms with Gasteiger partial charge < -0.3 is 26.4 Å². The topological polar surface area (TPSA) is 175 Å². The van der Waals surface area contributed by atoms with Crippen LogP contribution in [-0.4, -0.2) is 73.5 Å². The molecule has 0 radical (unpaired) electrons. The lowest BCUT2D eigenvalue weighted by Gasteiger charge is -2.27. The van der Waals surface area contributed by atoms with E-state index in [9.17, 15) is 31.5 Å². The number of anilines is 2. The standard InChI is InChI=1S/C22H20F4N4O.C20H18FN5O2/c1-21(2,3)30-20(31)16-9-13(22(24,25)26)5-7-14(16)12-4-6-15(17(23)8-12)18-10-29-19(27)11-28-18;21-16-10-13(3-4-15(16)17-11-25-18(22)12-24-17)14-2-1-5-23-19(14)20(27)26-6-8-28-9-7-26/h4-11H,1-3H3,(H2,27,29)(H,30,31);1-5,10-12H,6-9H2,(H2,22,25). The molecule has 6 aromatic rings. The molecule has 304 valence electrons. The van der Waals surface area contributed by atoms with Gasteiger partial charge >= 0.3 is 6.18 Å². The van der Waals surface area contributed by atoms with Gasteiger partial charge in [-0.25, -0.2) is 18.7 Å². The van der Waals surface area contributed by atoms with Gasteiger partial charge in [0.15, 0.2) is 0 Å². The van der Waals surface area contributed by atoms with E-state index >= 15 is 0 Å². The molecule has 2 amide bonds. The summed E-state index contributed by atoms with van der Waals surface area (Å²) in [6, 6.07) is 15.1. The number of morpholine rings is 1. The predicted molar refractivity (Wildman–Crippen MR) is 211 cm³/mol. The average molecular weight is 812 g/mol. The van der Waals surface area contributed by atoms with E-state index in [1.807, 2.05) is 0 Å². The molecule has 1 aliphatic rings. The summed E-state index contributed by atoms with van der Waals surface area (Å²) in [6.07, 6.45) is 2.33. The van der Waals surface area contributed by atoms with Gasteiger partial charge in [0.1, 0.15) is 29.0 Å². The monoisotopic (exact) mass is 811 g/mol. The smallest absolute Gasteiger partial charge is 0.382 e. The van der Waals surface area contributed by atoms with Crippen LogP contribution in [0.4, 0.5) is 33.6 Å². The van der Waals surface area contributed by atoms with Crippen molar-refractivity contribution in [1.82, 2.24) is 35.1 Å². The van der Waals surface area contributed by atoms with Gasteiger partial charge in [-0.2, -0.15) is 13.2 Å². The number of halogens is 5. The Morgan fingerprint density at radius 3 is 1.73 bits per heavy atom. The summed E-state index contributed by atoms with van der Waals surface area (Å²) in [5, 5.41) is 2.65. The normalized spacial score (nSPS) is 13.0. The molecular formula is C42H38F5N9O3. The summed E-state index contributed by atoms with van der Waals surface area (Å²) in [5.41, 5.74) is 12.1. The maximum absolute atomic E-state index is 14.8. The average Bonchev–Trinajstić information content (AvgIpc) is 3.21. The van der Waals surface area contributed by atoms with E-state index in [0.29, 0.717) is 54.4 Å². The number of nitrogen functional groups attached to an aromatic ring is 2. The van der Waals surface area contributed by atoms with Gasteiger partial charge in [-0.3, -0.25) is 24.5 Å². The van der Waals surface area contributed by atoms with Crippen molar-refractivity contribution >= 4 is 23.5 Å². The minimum atomic E-state index is -4.63. The lowest BCUT2D eigenvalue weighted by atomic mass is 9.94. The first-order valence-electron chi connectivity index (χ1n) is 18.1. The van der Waals surface area contributed by atoms with Gasteiger partial charge in [-0.1, -0.05) is 24.3 Å². The number of alkyl halides is 3. The van der Waals surface area contributed by atoms with Crippen LogP contribution in [0.5, 0.6) is 0 Å². The molecule has 7 rings (SSSR count). The Hall–Kier alpha value is -6.88. The summed E-state index contributed by atoms with van der Waals surface area (Å²) in [4.78, 5) is 47.5. The summed E-state index contributed by atoms with van der Waals surface area (Å²) in [5.74, 6) is -1.57. The highest BCUT2D eigenvalue weighted by Crippen LogP contribution is 2.35. The summed E-state index contributed by atoms with van der Waals surface area (Å²) < 4.78 is 74.6. The zero-order chi connectivity index (χ0) is 42.5. The molecular weight excluding hydrogens is 774 g/mol. The van der Waals surface area contributed by atoms with Crippen LogP contribution in [0, 0.1) is 11.6 Å². The van der Waals surface area contributed by atoms with Gasteiger partial charge in [-0.15, -0.1) is 0 Å². The van der Waals surface area contributed by atoms with E-state index in [1.54, 1.807) is 56.1 Å². The molecule has 5 N–H and O–H groups in total. The molecule has 1 fully saturated rings. The Balaban J connectivity index is 0.000000199. The third-order valence-electron chi connectivity index (χ3n) is 8.84. The van der Waals surface area contributed by atoms with E-state index in [4.69, 9.17) is 16.2 Å². The number of ether oxygens (including phenoxy) is 1. The summed E-state index contributed by atoms with van der Waals surface area (Å²) in [7, 11) is 0. The number of nitrogens with zero attached hydrogens (tertiary/aromatic N) is 6. The van der Waals surface area contributed by atoms with Crippen LogP contribution >= 0.6 is 0 Å². The van der Waals surface area contributed by atoms with Gasteiger partial charge in [0.05, 0.1) is 55.0 Å². The predicted octanol–water partition coefficient (Wildman–Crippen LogP) is 7.48. The van der Waals surface area contributed by atoms with Gasteiger partial charge in [0.25, 0.3) is 11.8 Å². The largest absolute Gasteiger partial charge is 0.416 e. The van der Waals surface area contributed by atoms with Crippen molar-refractivity contribution in [2.75, 3.05) is 37.8 Å². The lowest BCUT2D eigenvalue weighted by Crippen LogP contribution is -2.41. The molecule has 12 nitrogen and oxygen atoms in total. The van der Waals surface area contributed by atoms with Crippen molar-refractivity contribution in [2.45, 2.75) is 32.5 Å². The molecule has 4 heterocycles. The Labute approximate surface area is 335 Å². The number of rotatable bonds is 6. The van der Waals surface area contributed by atoms with Crippen LogP contribution in [0.25, 0.3) is 44.8 Å². The SMILES string of the molecule is CC(C)(C)NC(=O)c1cc(C(F)(F)F)ccc1-c1ccc(-c2cnc(N)cn2)c(F)c1.Nc1cnc(-c2ccc(-c3cccnc3C(=O)N3CCOCC3)cc2F)cn1. The van der Waals surface area contributed by atoms with Gasteiger partial charge in [0.2, 0.25) is 0 Å². The highest BCUT2D eigenvalue weighted by molar-refractivity contribution is 6.02. The van der Waals surface area contributed by atoms with E-state index < -0.39 is 34.8 Å². The third-order valence-corrected chi connectivity index (χ3v) is 8.84. The molecule has 0 unspecified atom stereocenters. The first kappa shape index (κ1) is 41.7. The van der Waals surface area contributed by atoms with E-state index in [-0.39, 0.29) is 45.5 Å².